The van der Waals surface area contributed by atoms with Crippen LogP contribution in [-0.2, 0) is 10.0 Å². The number of amides is 2. The Morgan fingerprint density at radius 2 is 1.33 bits per heavy atom. The lowest BCUT2D eigenvalue weighted by molar-refractivity contribution is 0.225. The first-order valence-corrected chi connectivity index (χ1v) is 14.2. The van der Waals surface area contributed by atoms with E-state index in [0.29, 0.717) is 30.4 Å². The third-order valence-corrected chi connectivity index (χ3v) is 9.08. The summed E-state index contributed by atoms with van der Waals surface area (Å²) in [7, 11) is -3.51. The molecule has 0 radical (unpaired) electrons. The fourth-order valence-electron chi connectivity index (χ4n) is 5.03. The quantitative estimate of drug-likeness (QED) is 0.465. The fourth-order valence-corrected chi connectivity index (χ4v) is 6.50. The summed E-state index contributed by atoms with van der Waals surface area (Å²) in [5.41, 5.74) is 2.07. The summed E-state index contributed by atoms with van der Waals surface area (Å²) < 4.78 is 27.8. The molecule has 200 valence electrons. The second-order valence-corrected chi connectivity index (χ2v) is 11.6. The first kappa shape index (κ1) is 29.8. The fraction of sp³-hybridized carbons (Fsp3) is 0.552. The number of piperidine rings is 1. The molecule has 7 heteroatoms. The Morgan fingerprint density at radius 3 is 1.94 bits per heavy atom. The number of hydrogen-bond donors (Lipinski definition) is 2. The van der Waals surface area contributed by atoms with Crippen LogP contribution in [0.25, 0.3) is 11.1 Å². The monoisotopic (exact) mass is 515 g/mol. The molecule has 0 unspecified atom stereocenters. The van der Waals surface area contributed by atoms with E-state index in [0.717, 1.165) is 36.8 Å². The Labute approximate surface area is 218 Å². The van der Waals surface area contributed by atoms with Crippen LogP contribution in [-0.4, -0.2) is 44.4 Å². The van der Waals surface area contributed by atoms with E-state index in [1.807, 2.05) is 42.5 Å². The molecule has 1 saturated heterocycles. The largest absolute Gasteiger partial charge is 0.338 e. The van der Waals surface area contributed by atoms with Crippen LogP contribution in [0.3, 0.4) is 0 Å². The van der Waals surface area contributed by atoms with Crippen LogP contribution in [0, 0.1) is 5.92 Å². The van der Waals surface area contributed by atoms with Gasteiger partial charge in [0.25, 0.3) is 0 Å². The summed E-state index contributed by atoms with van der Waals surface area (Å²) in [4.78, 5) is 12.7. The topological polar surface area (TPSA) is 78.5 Å². The van der Waals surface area contributed by atoms with Crippen molar-refractivity contribution in [3.8, 4) is 11.1 Å². The molecule has 2 N–H and O–H groups in total. The summed E-state index contributed by atoms with van der Waals surface area (Å²) >= 11 is 0. The van der Waals surface area contributed by atoms with Crippen molar-refractivity contribution in [2.45, 2.75) is 83.6 Å². The first-order chi connectivity index (χ1) is 16.5. The molecule has 0 spiro atoms. The SMILES string of the molecule is C.C.O=C(NCC1CCN(S(=O)(=O)c2ccc(-c3ccccc3)cc2)CC1)NC1CCCCCCC1. The minimum Gasteiger partial charge on any atom is -0.338 e. The van der Waals surface area contributed by atoms with E-state index in [-0.39, 0.29) is 26.9 Å². The molecule has 2 aliphatic rings. The van der Waals surface area contributed by atoms with Crippen molar-refractivity contribution < 1.29 is 13.2 Å². The minimum absolute atomic E-state index is 0. The molecule has 0 bridgehead atoms. The van der Waals surface area contributed by atoms with Crippen molar-refractivity contribution >= 4 is 16.1 Å². The van der Waals surface area contributed by atoms with Crippen molar-refractivity contribution in [2.24, 2.45) is 5.92 Å². The lowest BCUT2D eigenvalue weighted by Gasteiger charge is -2.31. The summed E-state index contributed by atoms with van der Waals surface area (Å²) in [5, 5.41) is 6.17. The van der Waals surface area contributed by atoms with E-state index >= 15 is 0 Å². The van der Waals surface area contributed by atoms with Gasteiger partial charge < -0.3 is 10.6 Å². The van der Waals surface area contributed by atoms with Gasteiger partial charge in [0.1, 0.15) is 0 Å². The second-order valence-electron chi connectivity index (χ2n) is 9.63. The molecule has 36 heavy (non-hydrogen) atoms. The summed E-state index contributed by atoms with van der Waals surface area (Å²) in [5.74, 6) is 0.301. The molecule has 4 rings (SSSR count). The van der Waals surface area contributed by atoms with Crippen molar-refractivity contribution in [1.82, 2.24) is 14.9 Å². The average molecular weight is 516 g/mol. The zero-order valence-corrected chi connectivity index (χ0v) is 20.7. The van der Waals surface area contributed by atoms with Gasteiger partial charge in [-0.3, -0.25) is 0 Å². The molecule has 1 heterocycles. The van der Waals surface area contributed by atoms with E-state index < -0.39 is 10.0 Å². The predicted molar refractivity (Wildman–Crippen MR) is 149 cm³/mol. The van der Waals surface area contributed by atoms with Crippen molar-refractivity contribution in [1.29, 1.82) is 0 Å². The highest BCUT2D eigenvalue weighted by Crippen LogP contribution is 2.26. The summed E-state index contributed by atoms with van der Waals surface area (Å²) in [6.45, 7) is 1.57. The molecular formula is C29H45N3O3S. The number of sulfonamides is 1. The number of benzene rings is 2. The number of carbonyl (C=O) groups is 1. The number of rotatable bonds is 6. The van der Waals surface area contributed by atoms with Gasteiger partial charge in [-0.2, -0.15) is 4.31 Å². The molecule has 1 saturated carbocycles. The standard InChI is InChI=1S/C27H37N3O3S.2CH4/c31-27(29-25-11-7-2-1-3-8-12-25)28-21-22-17-19-30(20-18-22)34(32,33)26-15-13-24(14-16-26)23-9-5-4-6-10-23;;/h4-6,9-10,13-16,22,25H,1-3,7-8,11-12,17-21H2,(H2,28,29,31);2*1H4. The Hall–Kier alpha value is -2.38. The van der Waals surface area contributed by atoms with Crippen molar-refractivity contribution in [2.75, 3.05) is 19.6 Å². The highest BCUT2D eigenvalue weighted by molar-refractivity contribution is 7.89. The Balaban J connectivity index is 0.00000228. The van der Waals surface area contributed by atoms with Gasteiger partial charge in [-0.05, 0) is 54.9 Å². The smallest absolute Gasteiger partial charge is 0.315 e. The van der Waals surface area contributed by atoms with E-state index in [2.05, 4.69) is 10.6 Å². The number of nitrogens with zero attached hydrogens (tertiary/aromatic N) is 1. The molecule has 2 aromatic rings. The summed E-state index contributed by atoms with van der Waals surface area (Å²) in [6, 6.07) is 17.3. The third-order valence-electron chi connectivity index (χ3n) is 7.16. The second kappa shape index (κ2) is 14.4. The lowest BCUT2D eigenvalue weighted by atomic mass is 9.97. The van der Waals surface area contributed by atoms with Gasteiger partial charge in [-0.15, -0.1) is 0 Å². The molecule has 1 aliphatic heterocycles. The van der Waals surface area contributed by atoms with E-state index in [1.165, 1.54) is 32.1 Å². The Bertz CT molecular complexity index is 1010. The number of carbonyl (C=O) groups excluding carboxylic acids is 1. The van der Waals surface area contributed by atoms with Gasteiger partial charge >= 0.3 is 6.03 Å². The van der Waals surface area contributed by atoms with Gasteiger partial charge in [0.05, 0.1) is 4.90 Å². The van der Waals surface area contributed by atoms with Gasteiger partial charge in [0.15, 0.2) is 0 Å². The van der Waals surface area contributed by atoms with Gasteiger partial charge in [0.2, 0.25) is 10.0 Å². The van der Waals surface area contributed by atoms with Crippen LogP contribution in [0.2, 0.25) is 0 Å². The maximum atomic E-state index is 13.1. The van der Waals surface area contributed by atoms with Gasteiger partial charge in [-0.1, -0.05) is 89.4 Å². The van der Waals surface area contributed by atoms with Crippen LogP contribution >= 0.6 is 0 Å². The minimum atomic E-state index is -3.51. The highest BCUT2D eigenvalue weighted by Gasteiger charge is 2.29. The number of hydrogen-bond acceptors (Lipinski definition) is 3. The predicted octanol–water partition coefficient (Wildman–Crippen LogP) is 6.44. The molecule has 1 aliphatic carbocycles. The van der Waals surface area contributed by atoms with Crippen LogP contribution in [0.1, 0.15) is 72.6 Å². The third kappa shape index (κ3) is 8.07. The van der Waals surface area contributed by atoms with Crippen LogP contribution in [0.15, 0.2) is 59.5 Å². The van der Waals surface area contributed by atoms with Crippen LogP contribution < -0.4 is 10.6 Å². The first-order valence-electron chi connectivity index (χ1n) is 12.7. The number of urea groups is 1. The van der Waals surface area contributed by atoms with E-state index in [1.54, 1.807) is 16.4 Å². The molecular weight excluding hydrogens is 470 g/mol. The maximum absolute atomic E-state index is 13.1. The Kier molecular flexibility index (Phi) is 11.9. The zero-order chi connectivity index (χ0) is 23.8. The van der Waals surface area contributed by atoms with Crippen molar-refractivity contribution in [3.05, 3.63) is 54.6 Å². The number of nitrogens with one attached hydrogen (secondary N) is 2. The summed E-state index contributed by atoms with van der Waals surface area (Å²) in [6.07, 6.45) is 9.85. The average Bonchev–Trinajstić information content (AvgIpc) is 2.85. The van der Waals surface area contributed by atoms with Gasteiger partial charge in [-0.25, -0.2) is 13.2 Å². The highest BCUT2D eigenvalue weighted by atomic mass is 32.2. The molecule has 2 fully saturated rings. The molecule has 2 aromatic carbocycles. The molecule has 0 aromatic heterocycles. The van der Waals surface area contributed by atoms with E-state index in [9.17, 15) is 13.2 Å². The normalized spacial score (nSPS) is 18.1. The molecule has 6 nitrogen and oxygen atoms in total. The van der Waals surface area contributed by atoms with Crippen LogP contribution in [0.4, 0.5) is 4.79 Å². The molecule has 0 atom stereocenters. The molecule has 2 amide bonds. The van der Waals surface area contributed by atoms with Gasteiger partial charge in [0, 0.05) is 25.7 Å². The Morgan fingerprint density at radius 1 is 0.778 bits per heavy atom. The van der Waals surface area contributed by atoms with E-state index in [4.69, 9.17) is 0 Å². The van der Waals surface area contributed by atoms with Crippen molar-refractivity contribution in [3.63, 3.8) is 0 Å². The lowest BCUT2D eigenvalue weighted by Crippen LogP contribution is -2.46. The zero-order valence-electron chi connectivity index (χ0n) is 19.9. The maximum Gasteiger partial charge on any atom is 0.315 e. The van der Waals surface area contributed by atoms with Crippen LogP contribution in [0.5, 0.6) is 0 Å².